The second kappa shape index (κ2) is 5.78. The lowest BCUT2D eigenvalue weighted by molar-refractivity contribution is 0.214. The molecule has 1 heterocycles. The predicted molar refractivity (Wildman–Crippen MR) is 76.9 cm³/mol. The van der Waals surface area contributed by atoms with Crippen molar-refractivity contribution >= 4 is 21.6 Å². The van der Waals surface area contributed by atoms with Crippen molar-refractivity contribution in [2.75, 3.05) is 6.61 Å². The molecule has 1 atom stereocenters. The molecule has 2 rings (SSSR count). The Morgan fingerprint density at radius 3 is 2.83 bits per heavy atom. The number of thiazole rings is 1. The average Bonchev–Trinajstić information content (AvgIpc) is 2.79. The van der Waals surface area contributed by atoms with Crippen LogP contribution in [-0.2, 0) is 6.54 Å². The molecule has 3 nitrogen and oxygen atoms in total. The van der Waals surface area contributed by atoms with E-state index in [1.54, 1.807) is 11.3 Å². The molecule has 0 saturated heterocycles. The fourth-order valence-corrected chi connectivity index (χ4v) is 2.83. The van der Waals surface area contributed by atoms with Crippen LogP contribution in [0.2, 0.25) is 0 Å². The maximum atomic E-state index is 9.09. The lowest BCUT2D eigenvalue weighted by atomic mass is 9.95. The molecule has 1 aromatic carbocycles. The van der Waals surface area contributed by atoms with E-state index in [4.69, 9.17) is 5.11 Å². The summed E-state index contributed by atoms with van der Waals surface area (Å²) >= 11 is 1.73. The highest BCUT2D eigenvalue weighted by Gasteiger charge is 2.20. The molecule has 98 valence electrons. The van der Waals surface area contributed by atoms with Gasteiger partial charge in [-0.15, -0.1) is 11.3 Å². The van der Waals surface area contributed by atoms with E-state index in [2.05, 4.69) is 30.2 Å². The van der Waals surface area contributed by atoms with Crippen LogP contribution in [0, 0.1) is 0 Å². The molecule has 2 aromatic rings. The Morgan fingerprint density at radius 2 is 2.17 bits per heavy atom. The van der Waals surface area contributed by atoms with Gasteiger partial charge >= 0.3 is 0 Å². The van der Waals surface area contributed by atoms with Crippen LogP contribution in [0.1, 0.15) is 31.7 Å². The maximum Gasteiger partial charge on any atom is 0.108 e. The van der Waals surface area contributed by atoms with E-state index >= 15 is 0 Å². The second-order valence-corrected chi connectivity index (χ2v) is 5.93. The molecule has 0 fully saturated rings. The number of aromatic nitrogens is 1. The number of nitrogens with one attached hydrogen (secondary N) is 1. The standard InChI is InChI=1S/C14H20N2OS/c1-3-14(2,8-9-17)15-10-13-16-11-6-4-5-7-12(11)18-13/h4-7,15,17H,3,8-10H2,1-2H3. The number of hydrogen-bond acceptors (Lipinski definition) is 4. The van der Waals surface area contributed by atoms with Gasteiger partial charge in [0.15, 0.2) is 0 Å². The van der Waals surface area contributed by atoms with Crippen LogP contribution in [0.25, 0.3) is 10.2 Å². The van der Waals surface area contributed by atoms with Crippen molar-refractivity contribution < 1.29 is 5.11 Å². The highest BCUT2D eigenvalue weighted by molar-refractivity contribution is 7.18. The zero-order chi connectivity index (χ0) is 13.0. The molecule has 18 heavy (non-hydrogen) atoms. The Hall–Kier alpha value is -0.970. The summed E-state index contributed by atoms with van der Waals surface area (Å²) in [6, 6.07) is 8.20. The Kier molecular flexibility index (Phi) is 4.32. The van der Waals surface area contributed by atoms with Gasteiger partial charge in [0.1, 0.15) is 5.01 Å². The summed E-state index contributed by atoms with van der Waals surface area (Å²) in [5.41, 5.74) is 1.06. The smallest absolute Gasteiger partial charge is 0.108 e. The number of aliphatic hydroxyl groups is 1. The number of para-hydroxylation sites is 1. The highest BCUT2D eigenvalue weighted by Crippen LogP contribution is 2.22. The van der Waals surface area contributed by atoms with Crippen LogP contribution < -0.4 is 5.32 Å². The monoisotopic (exact) mass is 264 g/mol. The lowest BCUT2D eigenvalue weighted by Crippen LogP contribution is -2.42. The Labute approximate surface area is 112 Å². The molecule has 4 heteroatoms. The maximum absolute atomic E-state index is 9.09. The van der Waals surface area contributed by atoms with Gasteiger partial charge in [-0.05, 0) is 31.9 Å². The fraction of sp³-hybridized carbons (Fsp3) is 0.500. The van der Waals surface area contributed by atoms with E-state index in [-0.39, 0.29) is 12.1 Å². The number of fused-ring (bicyclic) bond motifs is 1. The minimum absolute atomic E-state index is 0.00734. The SMILES string of the molecule is CCC(C)(CCO)NCc1nc2ccccc2s1. The molecule has 0 amide bonds. The van der Waals surface area contributed by atoms with Gasteiger partial charge in [0, 0.05) is 18.7 Å². The molecule has 0 aliphatic carbocycles. The number of rotatable bonds is 6. The molecule has 0 saturated carbocycles. The van der Waals surface area contributed by atoms with Gasteiger partial charge in [-0.25, -0.2) is 4.98 Å². The van der Waals surface area contributed by atoms with Crippen molar-refractivity contribution in [3.05, 3.63) is 29.3 Å². The summed E-state index contributed by atoms with van der Waals surface area (Å²) in [4.78, 5) is 4.60. The first-order valence-corrected chi connectivity index (χ1v) is 7.19. The van der Waals surface area contributed by atoms with E-state index < -0.39 is 0 Å². The van der Waals surface area contributed by atoms with E-state index in [0.29, 0.717) is 0 Å². The first-order chi connectivity index (χ1) is 8.67. The van der Waals surface area contributed by atoms with Crippen molar-refractivity contribution in [3.63, 3.8) is 0 Å². The second-order valence-electron chi connectivity index (χ2n) is 4.82. The molecule has 0 spiro atoms. The first-order valence-electron chi connectivity index (χ1n) is 6.37. The average molecular weight is 264 g/mol. The molecule has 0 bridgehead atoms. The summed E-state index contributed by atoms with van der Waals surface area (Å²) < 4.78 is 1.23. The van der Waals surface area contributed by atoms with Crippen molar-refractivity contribution in [2.45, 2.75) is 38.8 Å². The topological polar surface area (TPSA) is 45.1 Å². The van der Waals surface area contributed by atoms with Crippen LogP contribution in [0.15, 0.2) is 24.3 Å². The zero-order valence-corrected chi connectivity index (χ0v) is 11.8. The van der Waals surface area contributed by atoms with Gasteiger partial charge in [0.25, 0.3) is 0 Å². The Balaban J connectivity index is 2.05. The number of benzene rings is 1. The minimum Gasteiger partial charge on any atom is -0.396 e. The Morgan fingerprint density at radius 1 is 1.39 bits per heavy atom. The Bertz CT molecular complexity index is 478. The molecule has 0 radical (unpaired) electrons. The van der Waals surface area contributed by atoms with Gasteiger partial charge in [-0.1, -0.05) is 19.1 Å². The van der Waals surface area contributed by atoms with E-state index in [1.807, 2.05) is 18.2 Å². The molecular formula is C14H20N2OS. The van der Waals surface area contributed by atoms with Crippen molar-refractivity contribution in [3.8, 4) is 0 Å². The summed E-state index contributed by atoms with van der Waals surface area (Å²) in [6.07, 6.45) is 1.77. The van der Waals surface area contributed by atoms with Crippen molar-refractivity contribution in [2.24, 2.45) is 0 Å². The van der Waals surface area contributed by atoms with Crippen LogP contribution in [0.4, 0.5) is 0 Å². The normalized spacial score (nSPS) is 14.8. The molecule has 0 aliphatic heterocycles. The van der Waals surface area contributed by atoms with Crippen LogP contribution >= 0.6 is 11.3 Å². The van der Waals surface area contributed by atoms with Gasteiger partial charge in [0.05, 0.1) is 10.2 Å². The summed E-state index contributed by atoms with van der Waals surface area (Å²) in [5.74, 6) is 0. The minimum atomic E-state index is -0.00734. The predicted octanol–water partition coefficient (Wildman–Crippen LogP) is 2.94. The highest BCUT2D eigenvalue weighted by atomic mass is 32.1. The summed E-state index contributed by atoms with van der Waals surface area (Å²) in [5, 5.41) is 13.7. The largest absolute Gasteiger partial charge is 0.396 e. The quantitative estimate of drug-likeness (QED) is 0.843. The summed E-state index contributed by atoms with van der Waals surface area (Å²) in [6.45, 7) is 5.28. The van der Waals surface area contributed by atoms with Gasteiger partial charge in [-0.3, -0.25) is 0 Å². The van der Waals surface area contributed by atoms with Gasteiger partial charge in [-0.2, -0.15) is 0 Å². The van der Waals surface area contributed by atoms with Crippen LogP contribution in [0.5, 0.6) is 0 Å². The van der Waals surface area contributed by atoms with Gasteiger partial charge in [0.2, 0.25) is 0 Å². The third-order valence-electron chi connectivity index (χ3n) is 3.45. The first kappa shape index (κ1) is 13.5. The number of nitrogens with zero attached hydrogens (tertiary/aromatic N) is 1. The zero-order valence-electron chi connectivity index (χ0n) is 10.9. The van der Waals surface area contributed by atoms with E-state index in [9.17, 15) is 0 Å². The fourth-order valence-electron chi connectivity index (χ4n) is 1.92. The van der Waals surface area contributed by atoms with Crippen LogP contribution in [0.3, 0.4) is 0 Å². The number of hydrogen-bond donors (Lipinski definition) is 2. The van der Waals surface area contributed by atoms with Crippen molar-refractivity contribution in [1.82, 2.24) is 10.3 Å². The van der Waals surface area contributed by atoms with E-state index in [0.717, 1.165) is 29.9 Å². The molecule has 0 aliphatic rings. The number of aliphatic hydroxyl groups excluding tert-OH is 1. The molecule has 1 aromatic heterocycles. The summed E-state index contributed by atoms with van der Waals surface area (Å²) in [7, 11) is 0. The van der Waals surface area contributed by atoms with E-state index in [1.165, 1.54) is 4.70 Å². The van der Waals surface area contributed by atoms with Gasteiger partial charge < -0.3 is 10.4 Å². The molecule has 2 N–H and O–H groups in total. The molecular weight excluding hydrogens is 244 g/mol. The molecule has 1 unspecified atom stereocenters. The van der Waals surface area contributed by atoms with Crippen molar-refractivity contribution in [1.29, 1.82) is 0 Å². The van der Waals surface area contributed by atoms with Crippen LogP contribution in [-0.4, -0.2) is 22.2 Å². The third-order valence-corrected chi connectivity index (χ3v) is 4.48. The third kappa shape index (κ3) is 3.07. The lowest BCUT2D eigenvalue weighted by Gasteiger charge is -2.28.